The maximum atomic E-state index is 13.3. The first-order valence-electron chi connectivity index (χ1n) is 4.28. The maximum absolute atomic E-state index is 13.3. The van der Waals surface area contributed by atoms with E-state index in [9.17, 15) is 4.39 Å². The summed E-state index contributed by atoms with van der Waals surface area (Å²) in [6, 6.07) is 4.03. The van der Waals surface area contributed by atoms with Gasteiger partial charge in [0.05, 0.1) is 12.2 Å². The van der Waals surface area contributed by atoms with Crippen molar-refractivity contribution in [2.24, 2.45) is 5.73 Å². The van der Waals surface area contributed by atoms with Crippen molar-refractivity contribution < 1.29 is 8.81 Å². The van der Waals surface area contributed by atoms with Crippen LogP contribution in [0, 0.1) is 5.82 Å². The molecule has 0 spiro atoms. The molecule has 0 radical (unpaired) electrons. The summed E-state index contributed by atoms with van der Waals surface area (Å²) >= 11 is 5.60. The van der Waals surface area contributed by atoms with Crippen molar-refractivity contribution in [2.45, 2.75) is 6.04 Å². The van der Waals surface area contributed by atoms with Gasteiger partial charge < -0.3 is 10.2 Å². The van der Waals surface area contributed by atoms with Crippen LogP contribution in [0.25, 0.3) is 0 Å². The summed E-state index contributed by atoms with van der Waals surface area (Å²) in [7, 11) is 0. The van der Waals surface area contributed by atoms with Crippen molar-refractivity contribution in [3.05, 3.63) is 53.0 Å². The third-order valence-electron chi connectivity index (χ3n) is 2.04. The third-order valence-corrected chi connectivity index (χ3v) is 2.24. The predicted molar refractivity (Wildman–Crippen MR) is 53.9 cm³/mol. The number of hydrogen-bond acceptors (Lipinski definition) is 3. The van der Waals surface area contributed by atoms with E-state index in [1.807, 2.05) is 0 Å². The topological polar surface area (TPSA) is 52.0 Å². The molecule has 2 aromatic rings. The van der Waals surface area contributed by atoms with Gasteiger partial charge in [-0.05, 0) is 29.8 Å². The van der Waals surface area contributed by atoms with Gasteiger partial charge in [-0.25, -0.2) is 4.39 Å². The standard InChI is InChI=1S/C10H8ClFN2O/c11-9-2-1-8(15-9)10(13)6-3-4-14-5-7(6)12/h1-5,10H,13H2. The highest BCUT2D eigenvalue weighted by Gasteiger charge is 2.16. The molecule has 0 aromatic carbocycles. The smallest absolute Gasteiger partial charge is 0.193 e. The molecule has 0 aliphatic carbocycles. The van der Waals surface area contributed by atoms with Crippen LogP contribution in [0.5, 0.6) is 0 Å². The molecule has 78 valence electrons. The largest absolute Gasteiger partial charge is 0.448 e. The van der Waals surface area contributed by atoms with E-state index in [1.165, 1.54) is 12.3 Å². The van der Waals surface area contributed by atoms with Gasteiger partial charge in [0.1, 0.15) is 11.6 Å². The van der Waals surface area contributed by atoms with Crippen molar-refractivity contribution in [1.29, 1.82) is 0 Å². The quantitative estimate of drug-likeness (QED) is 0.856. The molecule has 2 aromatic heterocycles. The molecule has 2 N–H and O–H groups in total. The first-order valence-corrected chi connectivity index (χ1v) is 4.66. The zero-order valence-corrected chi connectivity index (χ0v) is 8.41. The van der Waals surface area contributed by atoms with E-state index in [4.69, 9.17) is 21.8 Å². The number of halogens is 2. The number of aromatic nitrogens is 1. The fourth-order valence-electron chi connectivity index (χ4n) is 1.29. The van der Waals surface area contributed by atoms with E-state index in [1.54, 1.807) is 12.1 Å². The molecule has 5 heteroatoms. The average molecular weight is 227 g/mol. The minimum atomic E-state index is -0.666. The molecule has 0 saturated carbocycles. The van der Waals surface area contributed by atoms with E-state index in [2.05, 4.69) is 4.98 Å². The Bertz CT molecular complexity index is 472. The fourth-order valence-corrected chi connectivity index (χ4v) is 1.44. The highest BCUT2D eigenvalue weighted by atomic mass is 35.5. The number of nitrogens with two attached hydrogens (primary N) is 1. The molecule has 3 nitrogen and oxygen atoms in total. The van der Waals surface area contributed by atoms with Gasteiger partial charge in [-0.3, -0.25) is 4.98 Å². The Balaban J connectivity index is 2.36. The Morgan fingerprint density at radius 1 is 1.40 bits per heavy atom. The second-order valence-electron chi connectivity index (χ2n) is 3.02. The molecule has 1 atom stereocenters. The lowest BCUT2D eigenvalue weighted by Crippen LogP contribution is -2.12. The second kappa shape index (κ2) is 4.00. The van der Waals surface area contributed by atoms with Gasteiger partial charge in [-0.15, -0.1) is 0 Å². The van der Waals surface area contributed by atoms with Crippen LogP contribution >= 0.6 is 11.6 Å². The Morgan fingerprint density at radius 3 is 2.80 bits per heavy atom. The lowest BCUT2D eigenvalue weighted by atomic mass is 10.1. The summed E-state index contributed by atoms with van der Waals surface area (Å²) < 4.78 is 18.4. The second-order valence-corrected chi connectivity index (χ2v) is 3.39. The minimum Gasteiger partial charge on any atom is -0.448 e. The van der Waals surface area contributed by atoms with Gasteiger partial charge in [0, 0.05) is 11.8 Å². The van der Waals surface area contributed by atoms with Crippen LogP contribution in [0.2, 0.25) is 5.22 Å². The van der Waals surface area contributed by atoms with Crippen LogP contribution in [-0.4, -0.2) is 4.98 Å². The number of nitrogens with zero attached hydrogens (tertiary/aromatic N) is 1. The normalized spacial score (nSPS) is 12.7. The summed E-state index contributed by atoms with van der Waals surface area (Å²) in [5.41, 5.74) is 6.14. The van der Waals surface area contributed by atoms with Crippen LogP contribution in [0.3, 0.4) is 0 Å². The Kier molecular flexibility index (Phi) is 2.70. The third kappa shape index (κ3) is 2.00. The monoisotopic (exact) mass is 226 g/mol. The number of furan rings is 1. The average Bonchev–Trinajstić information content (AvgIpc) is 2.65. The summed E-state index contributed by atoms with van der Waals surface area (Å²) in [5.74, 6) is -0.0392. The molecule has 0 amide bonds. The van der Waals surface area contributed by atoms with Crippen molar-refractivity contribution in [3.63, 3.8) is 0 Å². The summed E-state index contributed by atoms with van der Waals surface area (Å²) in [6.07, 6.45) is 2.59. The van der Waals surface area contributed by atoms with Crippen molar-refractivity contribution in [2.75, 3.05) is 0 Å². The number of rotatable bonds is 2. The first kappa shape index (κ1) is 10.1. The van der Waals surface area contributed by atoms with Gasteiger partial charge in [0.15, 0.2) is 5.22 Å². The van der Waals surface area contributed by atoms with Crippen molar-refractivity contribution in [1.82, 2.24) is 4.98 Å². The molecular weight excluding hydrogens is 219 g/mol. The fraction of sp³-hybridized carbons (Fsp3) is 0.100. The Morgan fingerprint density at radius 2 is 2.20 bits per heavy atom. The molecule has 2 heterocycles. The molecule has 15 heavy (non-hydrogen) atoms. The highest BCUT2D eigenvalue weighted by Crippen LogP contribution is 2.24. The van der Waals surface area contributed by atoms with Gasteiger partial charge in [0.25, 0.3) is 0 Å². The van der Waals surface area contributed by atoms with Gasteiger partial charge >= 0.3 is 0 Å². The van der Waals surface area contributed by atoms with Crippen molar-refractivity contribution >= 4 is 11.6 Å². The number of pyridine rings is 1. The van der Waals surface area contributed by atoms with Crippen LogP contribution in [0.4, 0.5) is 4.39 Å². The maximum Gasteiger partial charge on any atom is 0.193 e. The lowest BCUT2D eigenvalue weighted by molar-refractivity contribution is 0.481. The van der Waals surface area contributed by atoms with Crippen LogP contribution in [0.15, 0.2) is 35.0 Å². The zero-order valence-electron chi connectivity index (χ0n) is 7.65. The van der Waals surface area contributed by atoms with E-state index in [-0.39, 0.29) is 5.22 Å². The van der Waals surface area contributed by atoms with E-state index >= 15 is 0 Å². The molecule has 0 saturated heterocycles. The first-order chi connectivity index (χ1) is 7.18. The van der Waals surface area contributed by atoms with Gasteiger partial charge in [-0.1, -0.05) is 0 Å². The van der Waals surface area contributed by atoms with Crippen LogP contribution in [-0.2, 0) is 0 Å². The molecule has 0 aliphatic heterocycles. The molecule has 1 unspecified atom stereocenters. The molecule has 0 bridgehead atoms. The molecule has 0 aliphatic rings. The molecule has 0 fully saturated rings. The van der Waals surface area contributed by atoms with E-state index in [0.29, 0.717) is 11.3 Å². The summed E-state index contributed by atoms with van der Waals surface area (Å²) in [6.45, 7) is 0. The van der Waals surface area contributed by atoms with E-state index < -0.39 is 11.9 Å². The van der Waals surface area contributed by atoms with Gasteiger partial charge in [-0.2, -0.15) is 0 Å². The minimum absolute atomic E-state index is 0.231. The molecule has 2 rings (SSSR count). The van der Waals surface area contributed by atoms with Crippen molar-refractivity contribution in [3.8, 4) is 0 Å². The predicted octanol–water partition coefficient (Wildman–Crippen LogP) is 2.52. The van der Waals surface area contributed by atoms with Gasteiger partial charge in [0.2, 0.25) is 0 Å². The Labute approximate surface area is 90.7 Å². The lowest BCUT2D eigenvalue weighted by Gasteiger charge is -2.09. The number of hydrogen-bond donors (Lipinski definition) is 1. The highest BCUT2D eigenvalue weighted by molar-refractivity contribution is 6.28. The van der Waals surface area contributed by atoms with Crippen LogP contribution < -0.4 is 5.73 Å². The SMILES string of the molecule is NC(c1ccc(Cl)o1)c1ccncc1F. The van der Waals surface area contributed by atoms with Crippen LogP contribution in [0.1, 0.15) is 17.4 Å². The van der Waals surface area contributed by atoms with E-state index in [0.717, 1.165) is 6.20 Å². The summed E-state index contributed by atoms with van der Waals surface area (Å²) in [4.78, 5) is 3.64. The molecular formula is C10H8ClFN2O. The zero-order chi connectivity index (χ0) is 10.8. The summed E-state index contributed by atoms with van der Waals surface area (Å²) in [5, 5.41) is 0.231. The Hall–Kier alpha value is -1.39.